The van der Waals surface area contributed by atoms with Crippen molar-refractivity contribution in [3.05, 3.63) is 21.4 Å². The van der Waals surface area contributed by atoms with Crippen molar-refractivity contribution in [3.8, 4) is 0 Å². The Kier molecular flexibility index (Phi) is 3.73. The molecule has 1 amide bonds. The number of hydrogen-bond donors (Lipinski definition) is 2. The molecule has 1 fully saturated rings. The minimum Gasteiger partial charge on any atom is -0.391 e. The van der Waals surface area contributed by atoms with E-state index < -0.39 is 5.54 Å². The molecular formula is C13H18N2OS2. The van der Waals surface area contributed by atoms with Crippen LogP contribution in [0.4, 0.5) is 0 Å². The minimum absolute atomic E-state index is 0.0501. The van der Waals surface area contributed by atoms with Crippen LogP contribution in [0.1, 0.15) is 45.8 Å². The van der Waals surface area contributed by atoms with Gasteiger partial charge in [-0.2, -0.15) is 0 Å². The van der Waals surface area contributed by atoms with E-state index in [4.69, 9.17) is 18.0 Å². The third-order valence-corrected chi connectivity index (χ3v) is 5.21. The van der Waals surface area contributed by atoms with Gasteiger partial charge in [-0.05, 0) is 38.3 Å². The standard InChI is InChI=1S/C13H18N2OS2/c1-8-7-10(18-9(8)2)11(16)15-13(12(14)17)5-3-4-6-13/h7H,3-6H2,1-2H3,(H2,14,17)(H,15,16). The molecule has 1 heterocycles. The van der Waals surface area contributed by atoms with E-state index in [1.165, 1.54) is 16.2 Å². The lowest BCUT2D eigenvalue weighted by Gasteiger charge is -2.28. The van der Waals surface area contributed by atoms with E-state index in [2.05, 4.69) is 5.32 Å². The van der Waals surface area contributed by atoms with Crippen LogP contribution in [0, 0.1) is 13.8 Å². The SMILES string of the molecule is Cc1cc(C(=O)NC2(C(N)=S)CCCC2)sc1C. The van der Waals surface area contributed by atoms with Crippen LogP contribution in [0.25, 0.3) is 0 Å². The monoisotopic (exact) mass is 282 g/mol. The predicted octanol–water partition coefficient (Wildman–Crippen LogP) is 2.69. The first-order valence-corrected chi connectivity index (χ1v) is 7.36. The highest BCUT2D eigenvalue weighted by Gasteiger charge is 2.38. The van der Waals surface area contributed by atoms with E-state index in [1.807, 2.05) is 19.9 Å². The number of nitrogens with two attached hydrogens (primary N) is 1. The molecule has 1 aromatic heterocycles. The summed E-state index contributed by atoms with van der Waals surface area (Å²) in [7, 11) is 0. The van der Waals surface area contributed by atoms with E-state index >= 15 is 0 Å². The fourth-order valence-electron chi connectivity index (χ4n) is 2.38. The van der Waals surface area contributed by atoms with Crippen LogP contribution in [-0.4, -0.2) is 16.4 Å². The summed E-state index contributed by atoms with van der Waals surface area (Å²) in [6, 6.07) is 1.93. The maximum absolute atomic E-state index is 12.3. The third kappa shape index (κ3) is 2.42. The van der Waals surface area contributed by atoms with Crippen molar-refractivity contribution >= 4 is 34.5 Å². The third-order valence-electron chi connectivity index (χ3n) is 3.67. The van der Waals surface area contributed by atoms with Gasteiger partial charge in [0, 0.05) is 4.88 Å². The summed E-state index contributed by atoms with van der Waals surface area (Å²) in [5, 5.41) is 3.05. The van der Waals surface area contributed by atoms with Crippen molar-refractivity contribution in [1.82, 2.24) is 5.32 Å². The lowest BCUT2D eigenvalue weighted by Crippen LogP contribution is -2.54. The number of carbonyl (C=O) groups excluding carboxylic acids is 1. The number of carbonyl (C=O) groups is 1. The van der Waals surface area contributed by atoms with Gasteiger partial charge < -0.3 is 11.1 Å². The summed E-state index contributed by atoms with van der Waals surface area (Å²) in [5.41, 5.74) is 6.51. The molecular weight excluding hydrogens is 264 g/mol. The molecule has 0 aliphatic heterocycles. The average molecular weight is 282 g/mol. The number of rotatable bonds is 3. The fourth-order valence-corrected chi connectivity index (χ4v) is 3.56. The van der Waals surface area contributed by atoms with Gasteiger partial charge in [-0.1, -0.05) is 25.1 Å². The topological polar surface area (TPSA) is 55.1 Å². The fraction of sp³-hybridized carbons (Fsp3) is 0.538. The van der Waals surface area contributed by atoms with E-state index in [0.29, 0.717) is 4.99 Å². The Balaban J connectivity index is 2.17. The van der Waals surface area contributed by atoms with E-state index in [-0.39, 0.29) is 5.91 Å². The Morgan fingerprint density at radius 3 is 2.50 bits per heavy atom. The number of amides is 1. The second-order valence-electron chi connectivity index (χ2n) is 4.96. The Hall–Kier alpha value is -0.940. The average Bonchev–Trinajstić information content (AvgIpc) is 2.88. The molecule has 3 nitrogen and oxygen atoms in total. The predicted molar refractivity (Wildman–Crippen MR) is 79.2 cm³/mol. The normalized spacial score (nSPS) is 17.7. The van der Waals surface area contributed by atoms with Gasteiger partial charge >= 0.3 is 0 Å². The smallest absolute Gasteiger partial charge is 0.262 e. The first kappa shape index (κ1) is 13.5. The van der Waals surface area contributed by atoms with Gasteiger partial charge in [-0.25, -0.2) is 0 Å². The molecule has 0 unspecified atom stereocenters. The molecule has 1 aliphatic carbocycles. The van der Waals surface area contributed by atoms with Crippen LogP contribution < -0.4 is 11.1 Å². The highest BCUT2D eigenvalue weighted by Crippen LogP contribution is 2.31. The zero-order chi connectivity index (χ0) is 13.3. The summed E-state index contributed by atoms with van der Waals surface area (Å²) in [6.07, 6.45) is 3.86. The van der Waals surface area contributed by atoms with Crippen LogP contribution >= 0.6 is 23.6 Å². The maximum atomic E-state index is 12.3. The molecule has 0 aromatic carbocycles. The second-order valence-corrected chi connectivity index (χ2v) is 6.65. The maximum Gasteiger partial charge on any atom is 0.262 e. The lowest BCUT2D eigenvalue weighted by molar-refractivity contribution is 0.0928. The molecule has 18 heavy (non-hydrogen) atoms. The van der Waals surface area contributed by atoms with Crippen LogP contribution in [0.5, 0.6) is 0 Å². The summed E-state index contributed by atoms with van der Waals surface area (Å²) in [4.78, 5) is 14.6. The van der Waals surface area contributed by atoms with Crippen molar-refractivity contribution in [3.63, 3.8) is 0 Å². The number of thiophene rings is 1. The van der Waals surface area contributed by atoms with Gasteiger partial charge in [0.1, 0.15) is 0 Å². The van der Waals surface area contributed by atoms with Gasteiger partial charge in [0.15, 0.2) is 0 Å². The van der Waals surface area contributed by atoms with Gasteiger partial charge in [0.25, 0.3) is 5.91 Å². The van der Waals surface area contributed by atoms with Gasteiger partial charge in [0.2, 0.25) is 0 Å². The minimum atomic E-state index is -0.460. The Labute approximate surface area is 117 Å². The zero-order valence-electron chi connectivity index (χ0n) is 10.7. The van der Waals surface area contributed by atoms with Crippen molar-refractivity contribution in [2.45, 2.75) is 45.1 Å². The van der Waals surface area contributed by atoms with Gasteiger partial charge in [0.05, 0.1) is 15.4 Å². The van der Waals surface area contributed by atoms with Gasteiger partial charge in [-0.15, -0.1) is 11.3 Å². The van der Waals surface area contributed by atoms with Crippen LogP contribution in [-0.2, 0) is 0 Å². The number of thiocarbonyl (C=S) groups is 1. The van der Waals surface area contributed by atoms with Crippen molar-refractivity contribution in [2.24, 2.45) is 5.73 Å². The quantitative estimate of drug-likeness (QED) is 0.838. The molecule has 98 valence electrons. The van der Waals surface area contributed by atoms with Crippen molar-refractivity contribution in [1.29, 1.82) is 0 Å². The van der Waals surface area contributed by atoms with E-state index in [0.717, 1.165) is 36.1 Å². The molecule has 3 N–H and O–H groups in total. The second kappa shape index (κ2) is 4.97. The van der Waals surface area contributed by atoms with Crippen molar-refractivity contribution in [2.75, 3.05) is 0 Å². The molecule has 0 saturated heterocycles. The molecule has 0 bridgehead atoms. The van der Waals surface area contributed by atoms with Crippen molar-refractivity contribution < 1.29 is 4.79 Å². The Morgan fingerprint density at radius 2 is 2.06 bits per heavy atom. The summed E-state index contributed by atoms with van der Waals surface area (Å²) in [5.74, 6) is -0.0501. The molecule has 0 atom stereocenters. The Morgan fingerprint density at radius 1 is 1.44 bits per heavy atom. The highest BCUT2D eigenvalue weighted by molar-refractivity contribution is 7.80. The number of hydrogen-bond acceptors (Lipinski definition) is 3. The van der Waals surface area contributed by atoms with E-state index in [9.17, 15) is 4.79 Å². The molecule has 1 aliphatic rings. The van der Waals surface area contributed by atoms with Gasteiger partial charge in [-0.3, -0.25) is 4.79 Å². The molecule has 0 spiro atoms. The molecule has 2 rings (SSSR count). The summed E-state index contributed by atoms with van der Waals surface area (Å²) in [6.45, 7) is 4.04. The lowest BCUT2D eigenvalue weighted by atomic mass is 9.97. The highest BCUT2D eigenvalue weighted by atomic mass is 32.1. The molecule has 0 radical (unpaired) electrons. The van der Waals surface area contributed by atoms with Crippen LogP contribution in [0.3, 0.4) is 0 Å². The van der Waals surface area contributed by atoms with Crippen LogP contribution in [0.2, 0.25) is 0 Å². The molecule has 1 aromatic rings. The molecule has 5 heteroatoms. The Bertz CT molecular complexity index is 468. The summed E-state index contributed by atoms with van der Waals surface area (Å²) < 4.78 is 0. The van der Waals surface area contributed by atoms with Crippen LogP contribution in [0.15, 0.2) is 6.07 Å². The number of aryl methyl sites for hydroxylation is 2. The summed E-state index contributed by atoms with van der Waals surface area (Å²) >= 11 is 6.65. The largest absolute Gasteiger partial charge is 0.391 e. The van der Waals surface area contributed by atoms with E-state index in [1.54, 1.807) is 0 Å². The molecule has 1 saturated carbocycles. The zero-order valence-corrected chi connectivity index (χ0v) is 12.3. The first-order valence-electron chi connectivity index (χ1n) is 6.14. The first-order chi connectivity index (χ1) is 8.44. The number of nitrogens with one attached hydrogen (secondary N) is 1.